The summed E-state index contributed by atoms with van der Waals surface area (Å²) in [6, 6.07) is 8.21. The van der Waals surface area contributed by atoms with Gasteiger partial charge in [-0.05, 0) is 43.5 Å². The molecule has 4 aromatic rings. The Balaban J connectivity index is 1.41. The van der Waals surface area contributed by atoms with Crippen molar-refractivity contribution in [3.05, 3.63) is 54.1 Å². The van der Waals surface area contributed by atoms with Gasteiger partial charge in [0.15, 0.2) is 0 Å². The minimum Gasteiger partial charge on any atom is -0.356 e. The molecule has 0 bridgehead atoms. The van der Waals surface area contributed by atoms with Gasteiger partial charge in [0.25, 0.3) is 5.78 Å². The molecule has 0 N–H and O–H groups in total. The van der Waals surface area contributed by atoms with E-state index < -0.39 is 0 Å². The first kappa shape index (κ1) is 18.7. The zero-order chi connectivity index (χ0) is 20.5. The largest absolute Gasteiger partial charge is 0.356 e. The molecular formula is C21H22FN7O. The molecule has 0 amide bonds. The lowest BCUT2D eigenvalue weighted by molar-refractivity contribution is 0.333. The second-order valence-corrected chi connectivity index (χ2v) is 7.58. The van der Waals surface area contributed by atoms with E-state index in [2.05, 4.69) is 43.1 Å². The molecule has 0 saturated carbocycles. The van der Waals surface area contributed by atoms with Crippen LogP contribution in [0.15, 0.2) is 41.2 Å². The van der Waals surface area contributed by atoms with E-state index in [0.29, 0.717) is 17.5 Å². The summed E-state index contributed by atoms with van der Waals surface area (Å²) < 4.78 is 20.6. The Kier molecular flexibility index (Phi) is 4.86. The average Bonchev–Trinajstić information content (AvgIpc) is 3.44. The van der Waals surface area contributed by atoms with E-state index in [4.69, 9.17) is 4.52 Å². The van der Waals surface area contributed by atoms with Crippen molar-refractivity contribution in [1.29, 1.82) is 0 Å². The minimum absolute atomic E-state index is 0.113. The van der Waals surface area contributed by atoms with Gasteiger partial charge < -0.3 is 9.42 Å². The number of aromatic nitrogens is 6. The molecule has 0 aliphatic carbocycles. The van der Waals surface area contributed by atoms with Crippen LogP contribution < -0.4 is 4.90 Å². The number of hydrogen-bond donors (Lipinski definition) is 0. The van der Waals surface area contributed by atoms with E-state index in [1.165, 1.54) is 18.5 Å². The molecule has 1 atom stereocenters. The summed E-state index contributed by atoms with van der Waals surface area (Å²) in [7, 11) is 0. The van der Waals surface area contributed by atoms with Gasteiger partial charge in [0.05, 0.1) is 5.92 Å². The van der Waals surface area contributed by atoms with E-state index >= 15 is 0 Å². The van der Waals surface area contributed by atoms with Gasteiger partial charge in [0.2, 0.25) is 11.7 Å². The van der Waals surface area contributed by atoms with Crippen molar-refractivity contribution in [1.82, 2.24) is 29.7 Å². The van der Waals surface area contributed by atoms with Crippen molar-refractivity contribution >= 4 is 11.6 Å². The lowest BCUT2D eigenvalue weighted by Gasteiger charge is -2.32. The van der Waals surface area contributed by atoms with Gasteiger partial charge in [-0.1, -0.05) is 18.5 Å². The molecule has 1 aromatic carbocycles. The van der Waals surface area contributed by atoms with Crippen LogP contribution in [0.2, 0.25) is 0 Å². The van der Waals surface area contributed by atoms with E-state index in [0.717, 1.165) is 55.8 Å². The van der Waals surface area contributed by atoms with Crippen LogP contribution in [-0.4, -0.2) is 42.8 Å². The number of hydrogen-bond acceptors (Lipinski definition) is 7. The van der Waals surface area contributed by atoms with Crippen LogP contribution in [-0.2, 0) is 6.42 Å². The summed E-state index contributed by atoms with van der Waals surface area (Å²) in [5, 5.41) is 8.47. The number of halogens is 1. The lowest BCUT2D eigenvalue weighted by atomic mass is 9.98. The van der Waals surface area contributed by atoms with Crippen LogP contribution >= 0.6 is 0 Å². The monoisotopic (exact) mass is 407 g/mol. The quantitative estimate of drug-likeness (QED) is 0.499. The third kappa shape index (κ3) is 3.51. The van der Waals surface area contributed by atoms with Crippen LogP contribution in [0.25, 0.3) is 17.2 Å². The summed E-state index contributed by atoms with van der Waals surface area (Å²) >= 11 is 0. The van der Waals surface area contributed by atoms with Gasteiger partial charge in [-0.2, -0.15) is 19.6 Å². The first-order valence-corrected chi connectivity index (χ1v) is 10.3. The summed E-state index contributed by atoms with van der Waals surface area (Å²) in [4.78, 5) is 15.8. The first-order chi connectivity index (χ1) is 14.7. The summed E-state index contributed by atoms with van der Waals surface area (Å²) in [5.74, 6) is 2.52. The van der Waals surface area contributed by atoms with Crippen molar-refractivity contribution < 1.29 is 8.91 Å². The Bertz CT molecular complexity index is 1150. The van der Waals surface area contributed by atoms with Crippen LogP contribution in [0, 0.1) is 5.82 Å². The maximum Gasteiger partial charge on any atom is 0.254 e. The standard InChI is InChI=1S/C21H22FN7O/c1-2-4-17-11-18(29-21(25-17)23-13-24-29)28-10-3-5-15(12-28)20-26-19(27-30-20)14-6-8-16(22)9-7-14/h6-9,11,13,15H,2-5,10,12H2,1H3. The van der Waals surface area contributed by atoms with Crippen LogP contribution in [0.5, 0.6) is 0 Å². The highest BCUT2D eigenvalue weighted by atomic mass is 19.1. The Morgan fingerprint density at radius 1 is 1.20 bits per heavy atom. The predicted molar refractivity (Wildman–Crippen MR) is 109 cm³/mol. The normalized spacial score (nSPS) is 17.0. The van der Waals surface area contributed by atoms with E-state index in [-0.39, 0.29) is 11.7 Å². The number of rotatable bonds is 5. The Hall–Kier alpha value is -3.36. The van der Waals surface area contributed by atoms with Crippen molar-refractivity contribution in [2.75, 3.05) is 18.0 Å². The highest BCUT2D eigenvalue weighted by Gasteiger charge is 2.28. The fourth-order valence-corrected chi connectivity index (χ4v) is 3.96. The fraction of sp³-hybridized carbons (Fsp3) is 0.381. The van der Waals surface area contributed by atoms with Gasteiger partial charge >= 0.3 is 0 Å². The summed E-state index contributed by atoms with van der Waals surface area (Å²) in [6.45, 7) is 3.80. The van der Waals surface area contributed by atoms with Crippen molar-refractivity contribution in [2.45, 2.75) is 38.5 Å². The maximum absolute atomic E-state index is 13.2. The number of anilines is 1. The van der Waals surface area contributed by atoms with Gasteiger partial charge in [-0.3, -0.25) is 0 Å². The maximum atomic E-state index is 13.2. The molecule has 1 aliphatic heterocycles. The van der Waals surface area contributed by atoms with Gasteiger partial charge in [0, 0.05) is 30.4 Å². The molecule has 9 heteroatoms. The fourth-order valence-electron chi connectivity index (χ4n) is 3.96. The highest BCUT2D eigenvalue weighted by Crippen LogP contribution is 2.30. The molecule has 1 unspecified atom stereocenters. The number of fused-ring (bicyclic) bond motifs is 1. The third-order valence-electron chi connectivity index (χ3n) is 5.43. The smallest absolute Gasteiger partial charge is 0.254 e. The number of benzene rings is 1. The Morgan fingerprint density at radius 3 is 2.90 bits per heavy atom. The second-order valence-electron chi connectivity index (χ2n) is 7.58. The zero-order valence-corrected chi connectivity index (χ0v) is 16.7. The average molecular weight is 407 g/mol. The van der Waals surface area contributed by atoms with Crippen LogP contribution in [0.4, 0.5) is 10.2 Å². The van der Waals surface area contributed by atoms with Gasteiger partial charge in [-0.15, -0.1) is 0 Å². The molecule has 0 spiro atoms. The van der Waals surface area contributed by atoms with E-state index in [1.807, 2.05) is 0 Å². The van der Waals surface area contributed by atoms with E-state index in [9.17, 15) is 4.39 Å². The molecule has 1 saturated heterocycles. The zero-order valence-electron chi connectivity index (χ0n) is 16.7. The molecule has 1 fully saturated rings. The molecule has 154 valence electrons. The van der Waals surface area contributed by atoms with E-state index in [1.54, 1.807) is 16.6 Å². The molecule has 4 heterocycles. The van der Waals surface area contributed by atoms with Crippen molar-refractivity contribution in [3.63, 3.8) is 0 Å². The molecular weight excluding hydrogens is 385 g/mol. The number of aryl methyl sites for hydroxylation is 1. The molecule has 8 nitrogen and oxygen atoms in total. The Labute approximate surface area is 172 Å². The second kappa shape index (κ2) is 7.81. The van der Waals surface area contributed by atoms with Crippen molar-refractivity contribution in [2.24, 2.45) is 0 Å². The lowest BCUT2D eigenvalue weighted by Crippen LogP contribution is -2.36. The third-order valence-corrected chi connectivity index (χ3v) is 5.43. The van der Waals surface area contributed by atoms with Crippen LogP contribution in [0.3, 0.4) is 0 Å². The minimum atomic E-state index is -0.287. The molecule has 30 heavy (non-hydrogen) atoms. The molecule has 5 rings (SSSR count). The summed E-state index contributed by atoms with van der Waals surface area (Å²) in [5.41, 5.74) is 1.76. The Morgan fingerprint density at radius 2 is 2.07 bits per heavy atom. The predicted octanol–water partition coefficient (Wildman–Crippen LogP) is 3.65. The molecule has 3 aromatic heterocycles. The number of nitrogens with zero attached hydrogens (tertiary/aromatic N) is 7. The topological polar surface area (TPSA) is 85.2 Å². The van der Waals surface area contributed by atoms with Gasteiger partial charge in [-0.25, -0.2) is 9.37 Å². The molecule has 1 aliphatic rings. The molecule has 0 radical (unpaired) electrons. The van der Waals surface area contributed by atoms with Crippen LogP contribution in [0.1, 0.15) is 43.7 Å². The summed E-state index contributed by atoms with van der Waals surface area (Å²) in [6.07, 6.45) is 5.43. The highest BCUT2D eigenvalue weighted by molar-refractivity contribution is 5.54. The van der Waals surface area contributed by atoms with Crippen molar-refractivity contribution in [3.8, 4) is 11.4 Å². The SMILES string of the molecule is CCCc1cc(N2CCCC(c3nc(-c4ccc(F)cc4)no3)C2)n2ncnc2n1. The number of piperidine rings is 1. The van der Waals surface area contributed by atoms with Gasteiger partial charge in [0.1, 0.15) is 18.0 Å². The first-order valence-electron chi connectivity index (χ1n) is 10.3.